The Labute approximate surface area is 93.6 Å². The first-order valence-electron chi connectivity index (χ1n) is 5.34. The maximum atomic E-state index is 10.7. The zero-order valence-electron chi connectivity index (χ0n) is 8.89. The Hall–Kier alpha value is -1.62. The van der Waals surface area contributed by atoms with Crippen molar-refractivity contribution in [3.05, 3.63) is 34.4 Å². The summed E-state index contributed by atoms with van der Waals surface area (Å²) < 4.78 is 5.50. The summed E-state index contributed by atoms with van der Waals surface area (Å²) in [6.45, 7) is 2.48. The van der Waals surface area contributed by atoms with Crippen LogP contribution in [0.3, 0.4) is 0 Å². The van der Waals surface area contributed by atoms with E-state index in [0.717, 1.165) is 19.5 Å². The Morgan fingerprint density at radius 2 is 2.31 bits per heavy atom. The van der Waals surface area contributed by atoms with Crippen molar-refractivity contribution in [2.45, 2.75) is 6.42 Å². The molecule has 0 radical (unpaired) electrons. The van der Waals surface area contributed by atoms with Gasteiger partial charge in [-0.15, -0.1) is 0 Å². The quantitative estimate of drug-likeness (QED) is 0.620. The topological polar surface area (TPSA) is 64.4 Å². The Morgan fingerprint density at radius 3 is 3.00 bits per heavy atom. The zero-order valence-corrected chi connectivity index (χ0v) is 8.89. The molecule has 1 atom stereocenters. The van der Waals surface area contributed by atoms with Gasteiger partial charge in [0.05, 0.1) is 11.5 Å². The van der Waals surface area contributed by atoms with Gasteiger partial charge in [-0.2, -0.15) is 0 Å². The molecule has 0 aromatic heterocycles. The van der Waals surface area contributed by atoms with Crippen LogP contribution >= 0.6 is 0 Å². The zero-order chi connectivity index (χ0) is 11.4. The summed E-state index contributed by atoms with van der Waals surface area (Å²) in [4.78, 5) is 10.3. The van der Waals surface area contributed by atoms with E-state index in [1.165, 1.54) is 6.07 Å². The number of hydrogen-bond donors (Lipinski definition) is 1. The largest absolute Gasteiger partial charge is 0.486 e. The normalized spacial score (nSPS) is 19.6. The number of nitro groups is 1. The molecule has 1 aliphatic rings. The van der Waals surface area contributed by atoms with Gasteiger partial charge in [-0.05, 0) is 19.0 Å². The fourth-order valence-electron chi connectivity index (χ4n) is 1.79. The lowest BCUT2D eigenvalue weighted by Gasteiger charge is -2.10. The van der Waals surface area contributed by atoms with Crippen molar-refractivity contribution in [3.63, 3.8) is 0 Å². The van der Waals surface area contributed by atoms with Gasteiger partial charge in [0.25, 0.3) is 0 Å². The van der Waals surface area contributed by atoms with Gasteiger partial charge in [-0.3, -0.25) is 10.1 Å². The summed E-state index contributed by atoms with van der Waals surface area (Å²) in [5.41, 5.74) is 0.0356. The maximum Gasteiger partial charge on any atom is 0.310 e. The first-order valence-corrected chi connectivity index (χ1v) is 5.34. The molecular formula is C11H14N2O3. The number of ether oxygens (including phenoxy) is 1. The third-order valence-corrected chi connectivity index (χ3v) is 2.70. The summed E-state index contributed by atoms with van der Waals surface area (Å²) >= 11 is 0. The van der Waals surface area contributed by atoms with E-state index in [9.17, 15) is 10.1 Å². The van der Waals surface area contributed by atoms with Crippen LogP contribution in [0, 0.1) is 16.0 Å². The molecule has 1 saturated heterocycles. The van der Waals surface area contributed by atoms with Gasteiger partial charge in [-0.1, -0.05) is 12.1 Å². The number of para-hydroxylation sites is 2. The van der Waals surface area contributed by atoms with Crippen molar-refractivity contribution >= 4 is 5.69 Å². The van der Waals surface area contributed by atoms with Crippen molar-refractivity contribution in [2.75, 3.05) is 19.7 Å². The number of nitrogens with one attached hydrogen (secondary N) is 1. The van der Waals surface area contributed by atoms with Crippen LogP contribution in [-0.2, 0) is 0 Å². The molecule has 1 heterocycles. The molecule has 0 bridgehead atoms. The van der Waals surface area contributed by atoms with E-state index in [-0.39, 0.29) is 5.69 Å². The first kappa shape index (κ1) is 10.9. The van der Waals surface area contributed by atoms with E-state index in [4.69, 9.17) is 4.74 Å². The molecule has 2 rings (SSSR count). The highest BCUT2D eigenvalue weighted by Crippen LogP contribution is 2.26. The number of benzene rings is 1. The molecule has 1 aromatic rings. The van der Waals surface area contributed by atoms with Gasteiger partial charge in [0, 0.05) is 18.5 Å². The first-order chi connectivity index (χ1) is 7.77. The smallest absolute Gasteiger partial charge is 0.310 e. The molecule has 1 aromatic carbocycles. The van der Waals surface area contributed by atoms with Crippen molar-refractivity contribution in [1.82, 2.24) is 5.32 Å². The molecule has 86 valence electrons. The van der Waals surface area contributed by atoms with Gasteiger partial charge >= 0.3 is 5.69 Å². The van der Waals surface area contributed by atoms with E-state index < -0.39 is 4.92 Å². The molecule has 16 heavy (non-hydrogen) atoms. The third kappa shape index (κ3) is 2.49. The molecule has 1 fully saturated rings. The minimum Gasteiger partial charge on any atom is -0.486 e. The summed E-state index contributed by atoms with van der Waals surface area (Å²) in [6, 6.07) is 6.49. The van der Waals surface area contributed by atoms with Crippen LogP contribution in [0.4, 0.5) is 5.69 Å². The minimum absolute atomic E-state index is 0.0356. The second kappa shape index (κ2) is 4.94. The van der Waals surface area contributed by atoms with Crippen molar-refractivity contribution in [1.29, 1.82) is 0 Å². The molecule has 5 nitrogen and oxygen atoms in total. The maximum absolute atomic E-state index is 10.7. The Bertz CT molecular complexity index is 375. The SMILES string of the molecule is O=[N+]([O-])c1ccccc1OC[C@H]1CCNC1. The van der Waals surface area contributed by atoms with Crippen molar-refractivity contribution in [3.8, 4) is 5.75 Å². The minimum atomic E-state index is -0.414. The second-order valence-corrected chi connectivity index (χ2v) is 3.89. The molecule has 0 spiro atoms. The second-order valence-electron chi connectivity index (χ2n) is 3.89. The van der Waals surface area contributed by atoms with Crippen molar-refractivity contribution in [2.24, 2.45) is 5.92 Å². The Kier molecular flexibility index (Phi) is 3.36. The van der Waals surface area contributed by atoms with Gasteiger partial charge in [0.2, 0.25) is 0 Å². The van der Waals surface area contributed by atoms with Gasteiger partial charge in [0.1, 0.15) is 0 Å². The molecule has 0 aliphatic carbocycles. The average Bonchev–Trinajstić information content (AvgIpc) is 2.79. The summed E-state index contributed by atoms with van der Waals surface area (Å²) in [7, 11) is 0. The molecule has 0 saturated carbocycles. The number of nitro benzene ring substituents is 1. The standard InChI is InChI=1S/C11H14N2O3/c14-13(15)10-3-1-2-4-11(10)16-8-9-5-6-12-7-9/h1-4,9,12H,5-8H2/t9-/m0/s1. The van der Waals surface area contributed by atoms with E-state index in [2.05, 4.69) is 5.32 Å². The van der Waals surface area contributed by atoms with Crippen LogP contribution in [0.2, 0.25) is 0 Å². The molecular weight excluding hydrogens is 208 g/mol. The Balaban J connectivity index is 2.00. The number of rotatable bonds is 4. The number of nitrogens with zero attached hydrogens (tertiary/aromatic N) is 1. The Morgan fingerprint density at radius 1 is 1.50 bits per heavy atom. The molecule has 5 heteroatoms. The summed E-state index contributed by atoms with van der Waals surface area (Å²) in [5, 5.41) is 14.0. The predicted octanol–water partition coefficient (Wildman–Crippen LogP) is 1.58. The predicted molar refractivity (Wildman–Crippen MR) is 59.6 cm³/mol. The third-order valence-electron chi connectivity index (χ3n) is 2.70. The van der Waals surface area contributed by atoms with Crippen LogP contribution < -0.4 is 10.1 Å². The van der Waals surface area contributed by atoms with Crippen LogP contribution in [0.1, 0.15) is 6.42 Å². The van der Waals surface area contributed by atoms with Crippen LogP contribution in [0.5, 0.6) is 5.75 Å². The molecule has 1 N–H and O–H groups in total. The average molecular weight is 222 g/mol. The highest BCUT2D eigenvalue weighted by molar-refractivity contribution is 5.45. The summed E-state index contributed by atoms with van der Waals surface area (Å²) in [6.07, 6.45) is 1.07. The highest BCUT2D eigenvalue weighted by Gasteiger charge is 2.18. The number of hydrogen-bond acceptors (Lipinski definition) is 4. The highest BCUT2D eigenvalue weighted by atomic mass is 16.6. The van der Waals surface area contributed by atoms with E-state index in [0.29, 0.717) is 18.3 Å². The molecule has 0 unspecified atom stereocenters. The van der Waals surface area contributed by atoms with Gasteiger partial charge < -0.3 is 10.1 Å². The van der Waals surface area contributed by atoms with Gasteiger partial charge in [-0.25, -0.2) is 0 Å². The summed E-state index contributed by atoms with van der Waals surface area (Å²) in [5.74, 6) is 0.819. The van der Waals surface area contributed by atoms with Crippen LogP contribution in [0.25, 0.3) is 0 Å². The fraction of sp³-hybridized carbons (Fsp3) is 0.455. The monoisotopic (exact) mass is 222 g/mol. The molecule has 1 aliphatic heterocycles. The molecule has 0 amide bonds. The van der Waals surface area contributed by atoms with E-state index in [1.54, 1.807) is 18.2 Å². The van der Waals surface area contributed by atoms with E-state index >= 15 is 0 Å². The van der Waals surface area contributed by atoms with Crippen LogP contribution in [0.15, 0.2) is 24.3 Å². The van der Waals surface area contributed by atoms with E-state index in [1.807, 2.05) is 0 Å². The lowest BCUT2D eigenvalue weighted by atomic mass is 10.1. The van der Waals surface area contributed by atoms with Crippen LogP contribution in [-0.4, -0.2) is 24.6 Å². The fourth-order valence-corrected chi connectivity index (χ4v) is 1.79. The lowest BCUT2D eigenvalue weighted by molar-refractivity contribution is -0.385. The van der Waals surface area contributed by atoms with Crippen molar-refractivity contribution < 1.29 is 9.66 Å². The lowest BCUT2D eigenvalue weighted by Crippen LogP contribution is -2.15. The van der Waals surface area contributed by atoms with Gasteiger partial charge in [0.15, 0.2) is 5.75 Å².